The minimum atomic E-state index is -0.137. The van der Waals surface area contributed by atoms with Gasteiger partial charge in [0.05, 0.1) is 6.04 Å². The van der Waals surface area contributed by atoms with Crippen LogP contribution in [0.4, 0.5) is 0 Å². The van der Waals surface area contributed by atoms with Crippen molar-refractivity contribution in [3.05, 3.63) is 69.7 Å². The Bertz CT molecular complexity index is 594. The van der Waals surface area contributed by atoms with Gasteiger partial charge in [-0.1, -0.05) is 68.8 Å². The fourth-order valence-corrected chi connectivity index (χ4v) is 2.37. The summed E-state index contributed by atoms with van der Waals surface area (Å²) in [5, 5.41) is 0.768. The number of nitrogens with two attached hydrogens (primary N) is 1. The molecule has 2 N–H and O–H groups in total. The fraction of sp³-hybridized carbons (Fsp3) is 0.333. The number of hydrogen-bond acceptors (Lipinski definition) is 1. The average molecular weight is 288 g/mol. The van der Waals surface area contributed by atoms with Gasteiger partial charge in [-0.3, -0.25) is 0 Å². The van der Waals surface area contributed by atoms with Crippen molar-refractivity contribution in [2.24, 2.45) is 5.73 Å². The lowest BCUT2D eigenvalue weighted by molar-refractivity contribution is 0.589. The molecular weight excluding hydrogens is 266 g/mol. The van der Waals surface area contributed by atoms with E-state index in [1.54, 1.807) is 0 Å². The molecule has 0 amide bonds. The molecule has 0 radical (unpaired) electrons. The van der Waals surface area contributed by atoms with Crippen LogP contribution in [0.3, 0.4) is 0 Å². The maximum atomic E-state index is 6.34. The van der Waals surface area contributed by atoms with Crippen molar-refractivity contribution in [3.8, 4) is 0 Å². The molecule has 2 aromatic rings. The monoisotopic (exact) mass is 287 g/mol. The van der Waals surface area contributed by atoms with Gasteiger partial charge in [-0.15, -0.1) is 0 Å². The first-order chi connectivity index (χ1) is 9.29. The lowest BCUT2D eigenvalue weighted by atomic mass is 9.86. The normalized spacial score (nSPS) is 13.3. The fourth-order valence-electron chi connectivity index (χ4n) is 2.19. The number of benzene rings is 2. The Kier molecular flexibility index (Phi) is 4.22. The topological polar surface area (TPSA) is 26.0 Å². The second-order valence-electron chi connectivity index (χ2n) is 6.36. The van der Waals surface area contributed by atoms with Crippen molar-refractivity contribution in [1.82, 2.24) is 0 Å². The molecule has 1 atom stereocenters. The van der Waals surface area contributed by atoms with E-state index in [1.165, 1.54) is 5.56 Å². The van der Waals surface area contributed by atoms with Gasteiger partial charge in [0.25, 0.3) is 0 Å². The predicted molar refractivity (Wildman–Crippen MR) is 87.4 cm³/mol. The van der Waals surface area contributed by atoms with Crippen molar-refractivity contribution in [2.45, 2.75) is 39.2 Å². The third-order valence-electron chi connectivity index (χ3n) is 3.69. The van der Waals surface area contributed by atoms with Crippen LogP contribution in [0.2, 0.25) is 5.02 Å². The summed E-state index contributed by atoms with van der Waals surface area (Å²) >= 11 is 6.17. The Morgan fingerprint density at radius 3 is 2.00 bits per heavy atom. The van der Waals surface area contributed by atoms with E-state index < -0.39 is 0 Å². The molecule has 0 saturated carbocycles. The first kappa shape index (κ1) is 15.1. The maximum absolute atomic E-state index is 6.34. The minimum Gasteiger partial charge on any atom is -0.320 e. The standard InChI is InChI=1S/C18H22ClN/c1-12-5-6-14(11-16(12)19)17(20)13-7-9-15(10-8-13)18(2,3)4/h5-11,17H,20H2,1-4H3. The van der Waals surface area contributed by atoms with Crippen LogP contribution in [-0.4, -0.2) is 0 Å². The summed E-state index contributed by atoms with van der Waals surface area (Å²) in [7, 11) is 0. The molecule has 0 aliphatic heterocycles. The number of aryl methyl sites for hydroxylation is 1. The van der Waals surface area contributed by atoms with Gasteiger partial charge in [-0.2, -0.15) is 0 Å². The van der Waals surface area contributed by atoms with Crippen LogP contribution in [0.1, 0.15) is 49.1 Å². The Morgan fingerprint density at radius 1 is 0.950 bits per heavy atom. The highest BCUT2D eigenvalue weighted by Gasteiger charge is 2.15. The van der Waals surface area contributed by atoms with Gasteiger partial charge in [0.1, 0.15) is 0 Å². The third kappa shape index (κ3) is 3.23. The Balaban J connectivity index is 2.29. The summed E-state index contributed by atoms with van der Waals surface area (Å²) in [6.45, 7) is 8.63. The SMILES string of the molecule is Cc1ccc(C(N)c2ccc(C(C)(C)C)cc2)cc1Cl. The van der Waals surface area contributed by atoms with Gasteiger partial charge in [-0.25, -0.2) is 0 Å². The van der Waals surface area contributed by atoms with E-state index in [9.17, 15) is 0 Å². The molecule has 0 aliphatic carbocycles. The van der Waals surface area contributed by atoms with E-state index in [-0.39, 0.29) is 11.5 Å². The molecule has 1 unspecified atom stereocenters. The Labute approximate surface area is 126 Å². The molecule has 0 bridgehead atoms. The van der Waals surface area contributed by atoms with Crippen molar-refractivity contribution in [2.75, 3.05) is 0 Å². The van der Waals surface area contributed by atoms with Crippen molar-refractivity contribution < 1.29 is 0 Å². The Hall–Kier alpha value is -1.31. The van der Waals surface area contributed by atoms with Crippen molar-refractivity contribution in [1.29, 1.82) is 0 Å². The van der Waals surface area contributed by atoms with Gasteiger partial charge in [0.2, 0.25) is 0 Å². The molecule has 106 valence electrons. The summed E-state index contributed by atoms with van der Waals surface area (Å²) in [6.07, 6.45) is 0. The van der Waals surface area contributed by atoms with E-state index in [4.69, 9.17) is 17.3 Å². The molecule has 0 aliphatic rings. The molecule has 1 nitrogen and oxygen atoms in total. The summed E-state index contributed by atoms with van der Waals surface area (Å²) in [5.74, 6) is 0. The highest BCUT2D eigenvalue weighted by Crippen LogP contribution is 2.27. The molecule has 0 aromatic heterocycles. The van der Waals surface area contributed by atoms with Crippen LogP contribution in [0, 0.1) is 6.92 Å². The lowest BCUT2D eigenvalue weighted by Crippen LogP contribution is -2.14. The predicted octanol–water partition coefficient (Wildman–Crippen LogP) is 4.99. The number of halogens is 1. The van der Waals surface area contributed by atoms with E-state index in [0.29, 0.717) is 0 Å². The van der Waals surface area contributed by atoms with Gasteiger partial charge in [0, 0.05) is 5.02 Å². The van der Waals surface area contributed by atoms with Crippen molar-refractivity contribution in [3.63, 3.8) is 0 Å². The average Bonchev–Trinajstić information content (AvgIpc) is 2.40. The van der Waals surface area contributed by atoms with Crippen LogP contribution >= 0.6 is 11.6 Å². The van der Waals surface area contributed by atoms with E-state index in [0.717, 1.165) is 21.7 Å². The summed E-state index contributed by atoms with van der Waals surface area (Å²) in [5.41, 5.74) is 11.0. The van der Waals surface area contributed by atoms with Crippen LogP contribution in [0.15, 0.2) is 42.5 Å². The zero-order valence-electron chi connectivity index (χ0n) is 12.6. The highest BCUT2D eigenvalue weighted by atomic mass is 35.5. The highest BCUT2D eigenvalue weighted by molar-refractivity contribution is 6.31. The first-order valence-electron chi connectivity index (χ1n) is 6.91. The summed E-state index contributed by atoms with van der Waals surface area (Å²) < 4.78 is 0. The van der Waals surface area contributed by atoms with Gasteiger partial charge in [-0.05, 0) is 40.7 Å². The molecular formula is C18H22ClN. The smallest absolute Gasteiger partial charge is 0.0552 e. The molecule has 2 aromatic carbocycles. The minimum absolute atomic E-state index is 0.137. The van der Waals surface area contributed by atoms with Crippen molar-refractivity contribution >= 4 is 11.6 Å². The molecule has 0 heterocycles. The molecule has 0 spiro atoms. The van der Waals surface area contributed by atoms with E-state index in [2.05, 4.69) is 45.0 Å². The maximum Gasteiger partial charge on any atom is 0.0552 e. The molecule has 2 rings (SSSR count). The number of rotatable bonds is 2. The largest absolute Gasteiger partial charge is 0.320 e. The van der Waals surface area contributed by atoms with Crippen LogP contribution < -0.4 is 5.73 Å². The van der Waals surface area contributed by atoms with Gasteiger partial charge in [0.15, 0.2) is 0 Å². The second kappa shape index (κ2) is 5.59. The van der Waals surface area contributed by atoms with Crippen LogP contribution in [-0.2, 0) is 5.41 Å². The third-order valence-corrected chi connectivity index (χ3v) is 4.10. The summed E-state index contributed by atoms with van der Waals surface area (Å²) in [4.78, 5) is 0. The summed E-state index contributed by atoms with van der Waals surface area (Å²) in [6, 6.07) is 14.4. The van der Waals surface area contributed by atoms with E-state index in [1.807, 2.05) is 25.1 Å². The molecule has 20 heavy (non-hydrogen) atoms. The first-order valence-corrected chi connectivity index (χ1v) is 7.29. The molecule has 0 saturated heterocycles. The molecule has 0 fully saturated rings. The molecule has 2 heteroatoms. The zero-order chi connectivity index (χ0) is 14.9. The van der Waals surface area contributed by atoms with Crippen LogP contribution in [0.25, 0.3) is 0 Å². The Morgan fingerprint density at radius 2 is 1.50 bits per heavy atom. The quantitative estimate of drug-likeness (QED) is 0.827. The van der Waals surface area contributed by atoms with E-state index >= 15 is 0 Å². The zero-order valence-corrected chi connectivity index (χ0v) is 13.3. The van der Waals surface area contributed by atoms with Crippen LogP contribution in [0.5, 0.6) is 0 Å². The van der Waals surface area contributed by atoms with Gasteiger partial charge < -0.3 is 5.73 Å². The number of hydrogen-bond donors (Lipinski definition) is 1. The van der Waals surface area contributed by atoms with Gasteiger partial charge >= 0.3 is 0 Å². The lowest BCUT2D eigenvalue weighted by Gasteiger charge is -2.20. The second-order valence-corrected chi connectivity index (χ2v) is 6.77.